The van der Waals surface area contributed by atoms with Crippen molar-refractivity contribution in [2.45, 2.75) is 18.7 Å². The van der Waals surface area contributed by atoms with Crippen molar-refractivity contribution in [2.75, 3.05) is 39.4 Å². The summed E-state index contributed by atoms with van der Waals surface area (Å²) in [7, 11) is 1.93. The molecule has 1 amide bonds. The van der Waals surface area contributed by atoms with Crippen molar-refractivity contribution in [3.8, 4) is 5.75 Å². The van der Waals surface area contributed by atoms with E-state index in [-0.39, 0.29) is 23.8 Å². The van der Waals surface area contributed by atoms with Crippen molar-refractivity contribution in [1.29, 1.82) is 0 Å². The first kappa shape index (κ1) is 21.6. The van der Waals surface area contributed by atoms with Crippen molar-refractivity contribution in [3.05, 3.63) is 48.0 Å². The minimum Gasteiger partial charge on any atom is -0.406 e. The van der Waals surface area contributed by atoms with Gasteiger partial charge in [0.15, 0.2) is 5.79 Å². The number of nitrogens with zero attached hydrogens (tertiary/aromatic N) is 4. The molecular formula is C20H23F3N4O4. The lowest BCUT2D eigenvalue weighted by atomic mass is 10.1. The molecule has 168 valence electrons. The molecule has 1 aromatic carbocycles. The largest absolute Gasteiger partial charge is 0.573 e. The maximum absolute atomic E-state index is 12.9. The first-order valence-corrected chi connectivity index (χ1v) is 9.84. The van der Waals surface area contributed by atoms with E-state index < -0.39 is 12.1 Å². The molecule has 31 heavy (non-hydrogen) atoms. The first-order chi connectivity index (χ1) is 14.7. The van der Waals surface area contributed by atoms with Gasteiger partial charge in [0.1, 0.15) is 5.75 Å². The van der Waals surface area contributed by atoms with E-state index in [2.05, 4.69) is 14.6 Å². The molecule has 0 saturated carbocycles. The van der Waals surface area contributed by atoms with Gasteiger partial charge in [-0.05, 0) is 24.3 Å². The van der Waals surface area contributed by atoms with E-state index in [0.717, 1.165) is 24.4 Å². The standard InChI is InChI=1S/C20H23F3N4O4/c1-25-14-24-10-16(25)11-26-6-8-29-19(12-26)13-27(7-9-30-19)18(28)15-2-4-17(5-3-15)31-20(21,22)23/h2-5,10,14H,6-9,11-13H2,1H3. The van der Waals surface area contributed by atoms with Crippen LogP contribution < -0.4 is 4.74 Å². The Labute approximate surface area is 177 Å². The predicted octanol–water partition coefficient (Wildman–Crippen LogP) is 2.02. The summed E-state index contributed by atoms with van der Waals surface area (Å²) in [6.07, 6.45) is -1.22. The number of alkyl halides is 3. The number of hydrogen-bond donors (Lipinski definition) is 0. The number of carbonyl (C=O) groups is 1. The number of amides is 1. The van der Waals surface area contributed by atoms with E-state index in [9.17, 15) is 18.0 Å². The fourth-order valence-corrected chi connectivity index (χ4v) is 3.82. The molecule has 11 heteroatoms. The van der Waals surface area contributed by atoms with Crippen molar-refractivity contribution in [3.63, 3.8) is 0 Å². The van der Waals surface area contributed by atoms with E-state index in [4.69, 9.17) is 9.47 Å². The van der Waals surface area contributed by atoms with Crippen LogP contribution in [0.25, 0.3) is 0 Å². The normalized spacial score (nSPS) is 22.6. The van der Waals surface area contributed by atoms with E-state index in [1.54, 1.807) is 11.2 Å². The molecule has 0 N–H and O–H groups in total. The maximum atomic E-state index is 12.9. The molecule has 8 nitrogen and oxygen atoms in total. The molecular weight excluding hydrogens is 417 g/mol. The average Bonchev–Trinajstić information content (AvgIpc) is 3.11. The van der Waals surface area contributed by atoms with Gasteiger partial charge in [0.2, 0.25) is 0 Å². The summed E-state index contributed by atoms with van der Waals surface area (Å²) in [5.41, 5.74) is 1.33. The number of halogens is 3. The van der Waals surface area contributed by atoms with Crippen LogP contribution in [0.2, 0.25) is 0 Å². The fourth-order valence-electron chi connectivity index (χ4n) is 3.82. The van der Waals surface area contributed by atoms with E-state index >= 15 is 0 Å². The van der Waals surface area contributed by atoms with Crippen LogP contribution in [0, 0.1) is 0 Å². The zero-order chi connectivity index (χ0) is 22.1. The zero-order valence-corrected chi connectivity index (χ0v) is 17.0. The lowest BCUT2D eigenvalue weighted by Gasteiger charge is -2.47. The van der Waals surface area contributed by atoms with Gasteiger partial charge in [-0.2, -0.15) is 0 Å². The van der Waals surface area contributed by atoms with Crippen LogP contribution in [0.15, 0.2) is 36.8 Å². The summed E-state index contributed by atoms with van der Waals surface area (Å²) < 4.78 is 54.7. The molecule has 2 aliphatic heterocycles. The highest BCUT2D eigenvalue weighted by Gasteiger charge is 2.43. The van der Waals surface area contributed by atoms with Gasteiger partial charge in [0.05, 0.1) is 38.3 Å². The minimum atomic E-state index is -4.78. The number of aromatic nitrogens is 2. The van der Waals surface area contributed by atoms with Crippen LogP contribution in [0.1, 0.15) is 16.1 Å². The second-order valence-electron chi connectivity index (χ2n) is 7.61. The lowest BCUT2D eigenvalue weighted by Crippen LogP contribution is -2.62. The quantitative estimate of drug-likeness (QED) is 0.725. The number of benzene rings is 1. The molecule has 1 aromatic heterocycles. The number of rotatable bonds is 4. The number of imidazole rings is 1. The molecule has 1 spiro atoms. The molecule has 0 aliphatic carbocycles. The summed E-state index contributed by atoms with van der Waals surface area (Å²) in [5.74, 6) is -1.61. The third-order valence-electron chi connectivity index (χ3n) is 5.32. The van der Waals surface area contributed by atoms with Gasteiger partial charge in [-0.25, -0.2) is 4.98 Å². The lowest BCUT2D eigenvalue weighted by molar-refractivity contribution is -0.287. The molecule has 2 fully saturated rings. The summed E-state index contributed by atoms with van der Waals surface area (Å²) >= 11 is 0. The van der Waals surface area contributed by atoms with Crippen LogP contribution in [0.4, 0.5) is 13.2 Å². The molecule has 4 rings (SSSR count). The van der Waals surface area contributed by atoms with Crippen molar-refractivity contribution in [1.82, 2.24) is 19.4 Å². The van der Waals surface area contributed by atoms with Crippen molar-refractivity contribution < 1.29 is 32.2 Å². The number of carbonyl (C=O) groups excluding carboxylic acids is 1. The first-order valence-electron chi connectivity index (χ1n) is 9.84. The molecule has 3 heterocycles. The van der Waals surface area contributed by atoms with Gasteiger partial charge < -0.3 is 23.7 Å². The van der Waals surface area contributed by atoms with Crippen LogP contribution >= 0.6 is 0 Å². The van der Waals surface area contributed by atoms with Gasteiger partial charge in [0, 0.05) is 38.4 Å². The highest BCUT2D eigenvalue weighted by molar-refractivity contribution is 5.94. The Morgan fingerprint density at radius 2 is 1.87 bits per heavy atom. The Morgan fingerprint density at radius 3 is 2.52 bits per heavy atom. The third kappa shape index (κ3) is 5.17. The van der Waals surface area contributed by atoms with Crippen molar-refractivity contribution >= 4 is 5.91 Å². The van der Waals surface area contributed by atoms with Crippen LogP contribution in [-0.2, 0) is 23.1 Å². The van der Waals surface area contributed by atoms with Crippen molar-refractivity contribution in [2.24, 2.45) is 7.05 Å². The van der Waals surface area contributed by atoms with Gasteiger partial charge in [0.25, 0.3) is 5.91 Å². The summed E-state index contributed by atoms with van der Waals surface area (Å²) in [5, 5.41) is 0. The molecule has 1 unspecified atom stereocenters. The smallest absolute Gasteiger partial charge is 0.406 e. The summed E-state index contributed by atoms with van der Waals surface area (Å²) in [4.78, 5) is 20.9. The Balaban J connectivity index is 1.41. The fraction of sp³-hybridized carbons (Fsp3) is 0.500. The Morgan fingerprint density at radius 1 is 1.16 bits per heavy atom. The van der Waals surface area contributed by atoms with Gasteiger partial charge in [-0.15, -0.1) is 13.2 Å². The van der Waals surface area contributed by atoms with Crippen LogP contribution in [-0.4, -0.2) is 76.8 Å². The average molecular weight is 440 g/mol. The molecule has 1 atom stereocenters. The summed E-state index contributed by atoms with van der Waals surface area (Å²) in [6.45, 7) is 3.26. The van der Waals surface area contributed by atoms with Gasteiger partial charge in [-0.3, -0.25) is 9.69 Å². The topological polar surface area (TPSA) is 69.1 Å². The maximum Gasteiger partial charge on any atom is 0.573 e. The third-order valence-corrected chi connectivity index (χ3v) is 5.32. The minimum absolute atomic E-state index is 0.231. The molecule has 2 saturated heterocycles. The highest BCUT2D eigenvalue weighted by atomic mass is 19.4. The Kier molecular flexibility index (Phi) is 5.91. The molecule has 2 aliphatic rings. The van der Waals surface area contributed by atoms with E-state index in [1.807, 2.05) is 17.8 Å². The second kappa shape index (κ2) is 8.48. The number of morpholine rings is 2. The van der Waals surface area contributed by atoms with Gasteiger partial charge in [-0.1, -0.05) is 0 Å². The number of ether oxygens (including phenoxy) is 3. The zero-order valence-electron chi connectivity index (χ0n) is 17.0. The monoisotopic (exact) mass is 440 g/mol. The number of hydrogen-bond acceptors (Lipinski definition) is 6. The van der Waals surface area contributed by atoms with E-state index in [0.29, 0.717) is 32.8 Å². The summed E-state index contributed by atoms with van der Waals surface area (Å²) in [6, 6.07) is 4.90. The molecule has 0 bridgehead atoms. The predicted molar refractivity (Wildman–Crippen MR) is 102 cm³/mol. The Hall–Kier alpha value is -2.63. The Bertz CT molecular complexity index is 914. The van der Waals surface area contributed by atoms with Crippen LogP contribution in [0.5, 0.6) is 5.75 Å². The molecule has 0 radical (unpaired) electrons. The SMILES string of the molecule is Cn1cncc1CN1CCOC2(C1)CN(C(=O)c1ccc(OC(F)(F)F)cc1)CCO2. The second-order valence-corrected chi connectivity index (χ2v) is 7.61. The van der Waals surface area contributed by atoms with Gasteiger partial charge >= 0.3 is 6.36 Å². The highest BCUT2D eigenvalue weighted by Crippen LogP contribution is 2.27. The van der Waals surface area contributed by atoms with Crippen LogP contribution in [0.3, 0.4) is 0 Å². The van der Waals surface area contributed by atoms with E-state index in [1.165, 1.54) is 12.1 Å². The number of aryl methyl sites for hydroxylation is 1. The molecule has 2 aromatic rings.